The van der Waals surface area contributed by atoms with E-state index < -0.39 is 22.6 Å². The highest BCUT2D eigenvalue weighted by Gasteiger charge is 2.43. The largest absolute Gasteiger partial charge is 0.465 e. The fourth-order valence-corrected chi connectivity index (χ4v) is 3.60. The molecule has 0 bridgehead atoms. The van der Waals surface area contributed by atoms with Gasteiger partial charge in [-0.2, -0.15) is 0 Å². The average Bonchev–Trinajstić information content (AvgIpc) is 3.01. The van der Waals surface area contributed by atoms with Crippen LogP contribution in [-0.4, -0.2) is 50.0 Å². The van der Waals surface area contributed by atoms with Gasteiger partial charge >= 0.3 is 6.09 Å². The highest BCUT2D eigenvalue weighted by molar-refractivity contribution is 6.00. The summed E-state index contributed by atoms with van der Waals surface area (Å²) in [7, 11) is 0. The van der Waals surface area contributed by atoms with Crippen molar-refractivity contribution in [1.29, 1.82) is 0 Å². The van der Waals surface area contributed by atoms with Crippen LogP contribution in [0.2, 0.25) is 0 Å². The Labute approximate surface area is 167 Å². The Kier molecular flexibility index (Phi) is 5.23. The SMILES string of the molecule is CC(C)(C)N(C(=O)O)[C@H]1CCN(c2ccc(-c3ccccc3[N+](=O)[O-])cn2)C1=O. The predicted octanol–water partition coefficient (Wildman–Crippen LogP) is 3.54. The maximum Gasteiger partial charge on any atom is 0.408 e. The van der Waals surface area contributed by atoms with Crippen molar-refractivity contribution in [2.75, 3.05) is 11.4 Å². The molecule has 1 atom stereocenters. The van der Waals surface area contributed by atoms with Crippen molar-refractivity contribution < 1.29 is 19.6 Å². The smallest absolute Gasteiger partial charge is 0.408 e. The maximum absolute atomic E-state index is 12.9. The molecular formula is C20H22N4O5. The lowest BCUT2D eigenvalue weighted by Gasteiger charge is -2.36. The van der Waals surface area contributed by atoms with Crippen LogP contribution >= 0.6 is 0 Å². The molecule has 1 aromatic heterocycles. The number of nitro benzene ring substituents is 1. The lowest BCUT2D eigenvalue weighted by atomic mass is 10.0. The Hall–Kier alpha value is -3.49. The number of hydrogen-bond donors (Lipinski definition) is 1. The van der Waals surface area contributed by atoms with Crippen LogP contribution in [0.3, 0.4) is 0 Å². The van der Waals surface area contributed by atoms with Gasteiger partial charge in [-0.3, -0.25) is 24.7 Å². The lowest BCUT2D eigenvalue weighted by molar-refractivity contribution is -0.384. The van der Waals surface area contributed by atoms with Crippen molar-refractivity contribution in [2.24, 2.45) is 0 Å². The molecule has 0 unspecified atom stereocenters. The van der Waals surface area contributed by atoms with Gasteiger partial charge in [-0.15, -0.1) is 0 Å². The molecule has 2 heterocycles. The van der Waals surface area contributed by atoms with Crippen LogP contribution in [0.1, 0.15) is 27.2 Å². The third kappa shape index (κ3) is 3.89. The summed E-state index contributed by atoms with van der Waals surface area (Å²) in [5, 5.41) is 20.8. The van der Waals surface area contributed by atoms with Crippen molar-refractivity contribution in [2.45, 2.75) is 38.8 Å². The number of para-hydroxylation sites is 1. The van der Waals surface area contributed by atoms with Gasteiger partial charge in [0.05, 0.1) is 10.5 Å². The van der Waals surface area contributed by atoms with Crippen LogP contribution in [0.15, 0.2) is 42.6 Å². The van der Waals surface area contributed by atoms with Crippen molar-refractivity contribution >= 4 is 23.5 Å². The summed E-state index contributed by atoms with van der Waals surface area (Å²) in [5.41, 5.74) is 0.255. The number of nitro groups is 1. The highest BCUT2D eigenvalue weighted by atomic mass is 16.6. The molecular weight excluding hydrogens is 376 g/mol. The van der Waals surface area contributed by atoms with Gasteiger partial charge in [0.2, 0.25) is 0 Å². The van der Waals surface area contributed by atoms with E-state index in [0.717, 1.165) is 0 Å². The molecule has 9 nitrogen and oxygen atoms in total. The zero-order chi connectivity index (χ0) is 21.3. The number of benzene rings is 1. The van der Waals surface area contributed by atoms with Gasteiger partial charge in [0, 0.05) is 29.9 Å². The Bertz CT molecular complexity index is 952. The second-order valence-corrected chi connectivity index (χ2v) is 7.80. The van der Waals surface area contributed by atoms with Crippen LogP contribution in [0.4, 0.5) is 16.3 Å². The van der Waals surface area contributed by atoms with Crippen molar-refractivity contribution in [3.05, 3.63) is 52.7 Å². The lowest BCUT2D eigenvalue weighted by Crippen LogP contribution is -2.54. The molecule has 29 heavy (non-hydrogen) atoms. The van der Waals surface area contributed by atoms with Gasteiger partial charge in [-0.1, -0.05) is 12.1 Å². The molecule has 0 spiro atoms. The van der Waals surface area contributed by atoms with E-state index in [1.54, 1.807) is 51.1 Å². The third-order valence-corrected chi connectivity index (χ3v) is 4.85. The molecule has 1 fully saturated rings. The normalized spacial score (nSPS) is 16.7. The molecule has 1 N–H and O–H groups in total. The fraction of sp³-hybridized carbons (Fsp3) is 0.350. The summed E-state index contributed by atoms with van der Waals surface area (Å²) in [6.45, 7) is 5.59. The summed E-state index contributed by atoms with van der Waals surface area (Å²) >= 11 is 0. The number of anilines is 1. The van der Waals surface area contributed by atoms with E-state index in [9.17, 15) is 24.8 Å². The van der Waals surface area contributed by atoms with Crippen LogP contribution in [-0.2, 0) is 4.79 Å². The molecule has 1 aromatic carbocycles. The van der Waals surface area contributed by atoms with Gasteiger partial charge in [0.25, 0.3) is 11.6 Å². The zero-order valence-corrected chi connectivity index (χ0v) is 16.4. The number of amides is 2. The number of rotatable bonds is 4. The molecule has 2 amide bonds. The van der Waals surface area contributed by atoms with E-state index in [1.165, 1.54) is 22.1 Å². The summed E-state index contributed by atoms with van der Waals surface area (Å²) in [5.74, 6) is 0.0624. The molecule has 2 aromatic rings. The number of carboxylic acid groups (broad SMARTS) is 1. The Balaban J connectivity index is 1.86. The minimum absolute atomic E-state index is 0.0263. The molecule has 0 saturated carbocycles. The first-order chi connectivity index (χ1) is 13.6. The van der Waals surface area contributed by atoms with Crippen LogP contribution in [0, 0.1) is 10.1 Å². The summed E-state index contributed by atoms with van der Waals surface area (Å²) < 4.78 is 0. The third-order valence-electron chi connectivity index (χ3n) is 4.85. The second-order valence-electron chi connectivity index (χ2n) is 7.80. The van der Waals surface area contributed by atoms with Gasteiger partial charge in [-0.25, -0.2) is 9.78 Å². The van der Waals surface area contributed by atoms with E-state index in [0.29, 0.717) is 29.9 Å². The first kappa shape index (κ1) is 20.2. The first-order valence-corrected chi connectivity index (χ1v) is 9.14. The second kappa shape index (κ2) is 7.50. The number of nitrogens with zero attached hydrogens (tertiary/aromatic N) is 4. The predicted molar refractivity (Wildman–Crippen MR) is 107 cm³/mol. The molecule has 152 valence electrons. The number of pyridine rings is 1. The zero-order valence-electron chi connectivity index (χ0n) is 16.4. The molecule has 1 saturated heterocycles. The van der Waals surface area contributed by atoms with Crippen LogP contribution in [0.25, 0.3) is 11.1 Å². The minimum atomic E-state index is -1.14. The number of carbonyl (C=O) groups is 2. The Morgan fingerprint density at radius 2 is 1.97 bits per heavy atom. The topological polar surface area (TPSA) is 117 Å². The van der Waals surface area contributed by atoms with E-state index >= 15 is 0 Å². The quantitative estimate of drug-likeness (QED) is 0.622. The molecule has 3 rings (SSSR count). The maximum atomic E-state index is 12.9. The van der Waals surface area contributed by atoms with E-state index in [-0.39, 0.29) is 11.6 Å². The number of carbonyl (C=O) groups excluding carboxylic acids is 1. The first-order valence-electron chi connectivity index (χ1n) is 9.14. The monoisotopic (exact) mass is 398 g/mol. The molecule has 0 aliphatic carbocycles. The highest BCUT2D eigenvalue weighted by Crippen LogP contribution is 2.31. The number of hydrogen-bond acceptors (Lipinski definition) is 5. The average molecular weight is 398 g/mol. The van der Waals surface area contributed by atoms with E-state index in [4.69, 9.17) is 0 Å². The molecule has 0 radical (unpaired) electrons. The van der Waals surface area contributed by atoms with Gasteiger partial charge in [0.1, 0.15) is 11.9 Å². The Morgan fingerprint density at radius 3 is 2.52 bits per heavy atom. The minimum Gasteiger partial charge on any atom is -0.465 e. The van der Waals surface area contributed by atoms with E-state index in [1.807, 2.05) is 0 Å². The van der Waals surface area contributed by atoms with E-state index in [2.05, 4.69) is 4.98 Å². The van der Waals surface area contributed by atoms with Crippen LogP contribution in [0.5, 0.6) is 0 Å². The summed E-state index contributed by atoms with van der Waals surface area (Å²) in [4.78, 5) is 42.3. The van der Waals surface area contributed by atoms with Crippen molar-refractivity contribution in [1.82, 2.24) is 9.88 Å². The summed E-state index contributed by atoms with van der Waals surface area (Å²) in [6, 6.07) is 8.88. The molecule has 1 aliphatic heterocycles. The Morgan fingerprint density at radius 1 is 1.28 bits per heavy atom. The fourth-order valence-electron chi connectivity index (χ4n) is 3.60. The van der Waals surface area contributed by atoms with Gasteiger partial charge < -0.3 is 5.11 Å². The summed E-state index contributed by atoms with van der Waals surface area (Å²) in [6.07, 6.45) is 0.713. The molecule has 9 heteroatoms. The van der Waals surface area contributed by atoms with Gasteiger partial charge in [0.15, 0.2) is 0 Å². The standard InChI is InChI=1S/C20H22N4O5/c1-20(2,3)23(19(26)27)16-10-11-22(18(16)25)17-9-8-13(12-21-17)14-6-4-5-7-15(14)24(28)29/h4-9,12,16H,10-11H2,1-3H3,(H,26,27)/t16-/m0/s1. The molecule has 1 aliphatic rings. The van der Waals surface area contributed by atoms with Crippen molar-refractivity contribution in [3.8, 4) is 11.1 Å². The van der Waals surface area contributed by atoms with Crippen molar-refractivity contribution in [3.63, 3.8) is 0 Å². The van der Waals surface area contributed by atoms with Gasteiger partial charge in [-0.05, 0) is 45.4 Å². The van der Waals surface area contributed by atoms with Crippen LogP contribution < -0.4 is 4.90 Å². The number of aromatic nitrogens is 1.